The fourth-order valence-corrected chi connectivity index (χ4v) is 2.44. The first-order chi connectivity index (χ1) is 8.95. The van der Waals surface area contributed by atoms with Crippen LogP contribution in [0, 0.1) is 0 Å². The molecule has 0 bridgehead atoms. The van der Waals surface area contributed by atoms with Crippen molar-refractivity contribution in [2.75, 3.05) is 32.0 Å². The fraction of sp³-hybridized carbons (Fsp3) is 0.625. The lowest BCUT2D eigenvalue weighted by atomic mass is 9.87. The predicted molar refractivity (Wildman–Crippen MR) is 80.7 cm³/mol. The Kier molecular flexibility index (Phi) is 4.35. The normalized spacial score (nSPS) is 16.8. The molecule has 1 aromatic rings. The number of rotatable bonds is 4. The van der Waals surface area contributed by atoms with Gasteiger partial charge in [0.15, 0.2) is 0 Å². The highest BCUT2D eigenvalue weighted by atomic mass is 16.5. The Labute approximate surface area is 116 Å². The number of ether oxygens (including phenoxy) is 1. The summed E-state index contributed by atoms with van der Waals surface area (Å²) < 4.78 is 5.86. The maximum Gasteiger partial charge on any atom is 0.121 e. The van der Waals surface area contributed by atoms with Crippen LogP contribution in [-0.2, 0) is 5.41 Å². The van der Waals surface area contributed by atoms with E-state index < -0.39 is 0 Å². The Hall–Kier alpha value is -1.22. The number of benzene rings is 1. The Morgan fingerprint density at radius 2 is 1.84 bits per heavy atom. The zero-order valence-electron chi connectivity index (χ0n) is 12.4. The number of nitrogens with two attached hydrogens (primary N) is 1. The molecule has 2 N–H and O–H groups in total. The number of nitrogen functional groups attached to an aromatic ring is 1. The van der Waals surface area contributed by atoms with Gasteiger partial charge in [-0.1, -0.05) is 20.8 Å². The van der Waals surface area contributed by atoms with Gasteiger partial charge in [-0.3, -0.25) is 4.90 Å². The Morgan fingerprint density at radius 1 is 1.16 bits per heavy atom. The summed E-state index contributed by atoms with van der Waals surface area (Å²) in [5.41, 5.74) is 8.07. The van der Waals surface area contributed by atoms with Gasteiger partial charge in [-0.15, -0.1) is 0 Å². The third-order valence-corrected chi connectivity index (χ3v) is 3.67. The monoisotopic (exact) mass is 262 g/mol. The molecule has 106 valence electrons. The molecule has 1 heterocycles. The SMILES string of the molecule is CC(C)(C)c1cc(N)cc(OCCN2CCCC2)c1. The zero-order chi connectivity index (χ0) is 13.9. The van der Waals surface area contributed by atoms with Gasteiger partial charge in [0.25, 0.3) is 0 Å². The molecule has 3 heteroatoms. The topological polar surface area (TPSA) is 38.5 Å². The van der Waals surface area contributed by atoms with E-state index in [2.05, 4.69) is 31.7 Å². The third-order valence-electron chi connectivity index (χ3n) is 3.67. The molecule has 2 rings (SSSR count). The number of anilines is 1. The zero-order valence-corrected chi connectivity index (χ0v) is 12.4. The summed E-state index contributed by atoms with van der Waals surface area (Å²) in [5, 5.41) is 0. The molecule has 1 aliphatic heterocycles. The fourth-order valence-electron chi connectivity index (χ4n) is 2.44. The lowest BCUT2D eigenvalue weighted by Crippen LogP contribution is -2.25. The van der Waals surface area contributed by atoms with Crippen LogP contribution in [0.4, 0.5) is 5.69 Å². The van der Waals surface area contributed by atoms with Gasteiger partial charge in [0.2, 0.25) is 0 Å². The average molecular weight is 262 g/mol. The number of hydrogen-bond acceptors (Lipinski definition) is 3. The molecule has 0 unspecified atom stereocenters. The largest absolute Gasteiger partial charge is 0.492 e. The van der Waals surface area contributed by atoms with Gasteiger partial charge in [0, 0.05) is 18.3 Å². The molecule has 0 aromatic heterocycles. The van der Waals surface area contributed by atoms with Crippen molar-refractivity contribution in [2.45, 2.75) is 39.0 Å². The van der Waals surface area contributed by atoms with Gasteiger partial charge in [0.05, 0.1) is 0 Å². The van der Waals surface area contributed by atoms with Gasteiger partial charge < -0.3 is 10.5 Å². The number of nitrogens with zero attached hydrogens (tertiary/aromatic N) is 1. The van der Waals surface area contributed by atoms with Crippen LogP contribution in [0.2, 0.25) is 0 Å². The molecule has 1 saturated heterocycles. The van der Waals surface area contributed by atoms with Crippen LogP contribution in [0.1, 0.15) is 39.2 Å². The van der Waals surface area contributed by atoms with E-state index in [4.69, 9.17) is 10.5 Å². The quantitative estimate of drug-likeness (QED) is 0.848. The molecule has 0 atom stereocenters. The average Bonchev–Trinajstić information content (AvgIpc) is 2.80. The van der Waals surface area contributed by atoms with E-state index in [0.717, 1.165) is 24.6 Å². The van der Waals surface area contributed by atoms with Gasteiger partial charge in [0.1, 0.15) is 12.4 Å². The van der Waals surface area contributed by atoms with E-state index in [1.165, 1.54) is 31.5 Å². The maximum atomic E-state index is 5.96. The summed E-state index contributed by atoms with van der Waals surface area (Å²) in [7, 11) is 0. The molecule has 1 aliphatic rings. The third kappa shape index (κ3) is 4.13. The summed E-state index contributed by atoms with van der Waals surface area (Å²) in [4.78, 5) is 2.46. The molecule has 0 saturated carbocycles. The Bertz CT molecular complexity index is 417. The highest BCUT2D eigenvalue weighted by molar-refractivity contribution is 5.49. The van der Waals surface area contributed by atoms with Crippen LogP contribution in [0.3, 0.4) is 0 Å². The van der Waals surface area contributed by atoms with Crippen molar-refractivity contribution in [3.05, 3.63) is 23.8 Å². The Morgan fingerprint density at radius 3 is 2.47 bits per heavy atom. The number of hydrogen-bond donors (Lipinski definition) is 1. The first-order valence-electron chi connectivity index (χ1n) is 7.21. The summed E-state index contributed by atoms with van der Waals surface area (Å²) in [6.07, 6.45) is 2.65. The van der Waals surface area contributed by atoms with Gasteiger partial charge in [-0.25, -0.2) is 0 Å². The maximum absolute atomic E-state index is 5.96. The summed E-state index contributed by atoms with van der Waals surface area (Å²) in [6, 6.07) is 6.06. The van der Waals surface area contributed by atoms with Crippen molar-refractivity contribution in [3.8, 4) is 5.75 Å². The second-order valence-corrected chi connectivity index (χ2v) is 6.44. The summed E-state index contributed by atoms with van der Waals surface area (Å²) in [5.74, 6) is 0.893. The summed E-state index contributed by atoms with van der Waals surface area (Å²) in [6.45, 7) is 10.8. The van der Waals surface area contributed by atoms with Gasteiger partial charge in [-0.2, -0.15) is 0 Å². The molecule has 19 heavy (non-hydrogen) atoms. The molecule has 1 aromatic carbocycles. The minimum Gasteiger partial charge on any atom is -0.492 e. The van der Waals surface area contributed by atoms with Gasteiger partial charge in [-0.05, 0) is 49.0 Å². The molecule has 3 nitrogen and oxygen atoms in total. The molecule has 0 radical (unpaired) electrons. The Balaban J connectivity index is 1.94. The van der Waals surface area contributed by atoms with E-state index >= 15 is 0 Å². The molecule has 0 aliphatic carbocycles. The van der Waals surface area contributed by atoms with Crippen LogP contribution >= 0.6 is 0 Å². The lowest BCUT2D eigenvalue weighted by Gasteiger charge is -2.21. The molecular weight excluding hydrogens is 236 g/mol. The van der Waals surface area contributed by atoms with E-state index in [1.807, 2.05) is 12.1 Å². The van der Waals surface area contributed by atoms with Crippen LogP contribution < -0.4 is 10.5 Å². The first kappa shape index (κ1) is 14.2. The predicted octanol–water partition coefficient (Wildman–Crippen LogP) is 3.04. The highest BCUT2D eigenvalue weighted by Gasteiger charge is 2.15. The van der Waals surface area contributed by atoms with Gasteiger partial charge >= 0.3 is 0 Å². The summed E-state index contributed by atoms with van der Waals surface area (Å²) >= 11 is 0. The van der Waals surface area contributed by atoms with Crippen molar-refractivity contribution in [1.82, 2.24) is 4.90 Å². The van der Waals surface area contributed by atoms with Crippen LogP contribution in [0.15, 0.2) is 18.2 Å². The molecule has 1 fully saturated rings. The first-order valence-corrected chi connectivity index (χ1v) is 7.21. The smallest absolute Gasteiger partial charge is 0.121 e. The van der Waals surface area contributed by atoms with Crippen molar-refractivity contribution in [3.63, 3.8) is 0 Å². The van der Waals surface area contributed by atoms with E-state index in [0.29, 0.717) is 0 Å². The minimum absolute atomic E-state index is 0.0996. The number of likely N-dealkylation sites (tertiary alicyclic amines) is 1. The second kappa shape index (κ2) is 5.83. The minimum atomic E-state index is 0.0996. The molecule has 0 amide bonds. The van der Waals surface area contributed by atoms with E-state index in [9.17, 15) is 0 Å². The second-order valence-electron chi connectivity index (χ2n) is 6.44. The van der Waals surface area contributed by atoms with E-state index in [-0.39, 0.29) is 5.41 Å². The highest BCUT2D eigenvalue weighted by Crippen LogP contribution is 2.28. The van der Waals surface area contributed by atoms with Crippen LogP contribution in [-0.4, -0.2) is 31.1 Å². The van der Waals surface area contributed by atoms with Crippen LogP contribution in [0.5, 0.6) is 5.75 Å². The lowest BCUT2D eigenvalue weighted by molar-refractivity contribution is 0.237. The van der Waals surface area contributed by atoms with Crippen molar-refractivity contribution < 1.29 is 4.74 Å². The van der Waals surface area contributed by atoms with Crippen molar-refractivity contribution in [1.29, 1.82) is 0 Å². The van der Waals surface area contributed by atoms with Crippen molar-refractivity contribution in [2.24, 2.45) is 0 Å². The van der Waals surface area contributed by atoms with Crippen molar-refractivity contribution >= 4 is 5.69 Å². The standard InChI is InChI=1S/C16H26N2O/c1-16(2,3)13-10-14(17)12-15(11-13)19-9-8-18-6-4-5-7-18/h10-12H,4-9,17H2,1-3H3. The van der Waals surface area contributed by atoms with Crippen LogP contribution in [0.25, 0.3) is 0 Å². The molecule has 0 spiro atoms. The van der Waals surface area contributed by atoms with E-state index in [1.54, 1.807) is 0 Å². The molecular formula is C16H26N2O.